The van der Waals surface area contributed by atoms with Crippen LogP contribution in [0.25, 0.3) is 0 Å². The van der Waals surface area contributed by atoms with E-state index in [0.29, 0.717) is 18.9 Å². The molecule has 0 radical (unpaired) electrons. The molecule has 6 nitrogen and oxygen atoms in total. The normalized spacial score (nSPS) is 19.4. The SMILES string of the molecule is CCC1(CNC(=O)c2ncc(OC)cn2)OCCc2ccccc21. The molecule has 0 fully saturated rings. The van der Waals surface area contributed by atoms with Crippen LogP contribution in [0, 0.1) is 0 Å². The predicted octanol–water partition coefficient (Wildman–Crippen LogP) is 2.09. The second kappa shape index (κ2) is 6.97. The lowest BCUT2D eigenvalue weighted by atomic mass is 9.84. The highest BCUT2D eigenvalue weighted by Crippen LogP contribution is 2.35. The third kappa shape index (κ3) is 3.10. The van der Waals surface area contributed by atoms with Gasteiger partial charge in [0.2, 0.25) is 5.82 Å². The van der Waals surface area contributed by atoms with Crippen molar-refractivity contribution >= 4 is 5.91 Å². The average molecular weight is 327 g/mol. The van der Waals surface area contributed by atoms with Crippen molar-refractivity contribution in [2.24, 2.45) is 0 Å². The molecule has 2 heterocycles. The zero-order chi connectivity index (χ0) is 17.0. The molecule has 1 aromatic heterocycles. The highest BCUT2D eigenvalue weighted by atomic mass is 16.5. The van der Waals surface area contributed by atoms with Gasteiger partial charge >= 0.3 is 0 Å². The summed E-state index contributed by atoms with van der Waals surface area (Å²) in [6.45, 7) is 3.10. The van der Waals surface area contributed by atoms with E-state index in [2.05, 4.69) is 34.3 Å². The van der Waals surface area contributed by atoms with Gasteiger partial charge in [0.1, 0.15) is 5.60 Å². The Bertz CT molecular complexity index is 718. The molecule has 6 heteroatoms. The van der Waals surface area contributed by atoms with E-state index in [1.54, 1.807) is 0 Å². The van der Waals surface area contributed by atoms with Gasteiger partial charge in [0.15, 0.2) is 5.75 Å². The van der Waals surface area contributed by atoms with E-state index < -0.39 is 5.60 Å². The van der Waals surface area contributed by atoms with Gasteiger partial charge in [-0.25, -0.2) is 9.97 Å². The second-order valence-electron chi connectivity index (χ2n) is 5.73. The summed E-state index contributed by atoms with van der Waals surface area (Å²) < 4.78 is 11.1. The topological polar surface area (TPSA) is 73.3 Å². The lowest BCUT2D eigenvalue weighted by Crippen LogP contribution is -2.45. The average Bonchev–Trinajstić information content (AvgIpc) is 2.66. The number of methoxy groups -OCH3 is 1. The molecule has 1 aliphatic heterocycles. The Labute approximate surface area is 141 Å². The lowest BCUT2D eigenvalue weighted by molar-refractivity contribution is -0.0606. The van der Waals surface area contributed by atoms with E-state index in [0.717, 1.165) is 18.4 Å². The molecule has 1 amide bonds. The number of aromatic nitrogens is 2. The fourth-order valence-electron chi connectivity index (χ4n) is 3.02. The van der Waals surface area contributed by atoms with Crippen molar-refractivity contribution in [3.05, 3.63) is 53.6 Å². The standard InChI is InChI=1S/C18H21N3O3/c1-3-18(15-7-5-4-6-13(15)8-9-24-18)12-21-17(22)16-19-10-14(23-2)11-20-16/h4-7,10-11H,3,8-9,12H2,1-2H3,(H,21,22). The van der Waals surface area contributed by atoms with Gasteiger partial charge in [-0.1, -0.05) is 31.2 Å². The summed E-state index contributed by atoms with van der Waals surface area (Å²) in [6, 6.07) is 8.24. The van der Waals surface area contributed by atoms with Crippen molar-refractivity contribution in [3.8, 4) is 5.75 Å². The Hall–Kier alpha value is -2.47. The van der Waals surface area contributed by atoms with E-state index in [1.807, 2.05) is 12.1 Å². The zero-order valence-electron chi connectivity index (χ0n) is 13.9. The summed E-state index contributed by atoms with van der Waals surface area (Å²) in [4.78, 5) is 20.4. The molecule has 1 aromatic carbocycles. The van der Waals surface area contributed by atoms with Crippen molar-refractivity contribution in [2.75, 3.05) is 20.3 Å². The zero-order valence-corrected chi connectivity index (χ0v) is 13.9. The second-order valence-corrected chi connectivity index (χ2v) is 5.73. The first-order chi connectivity index (χ1) is 11.7. The Morgan fingerprint density at radius 2 is 2.08 bits per heavy atom. The lowest BCUT2D eigenvalue weighted by Gasteiger charge is -2.38. The van der Waals surface area contributed by atoms with Gasteiger partial charge in [-0.05, 0) is 24.0 Å². The minimum absolute atomic E-state index is 0.117. The number of carbonyl (C=O) groups is 1. The van der Waals surface area contributed by atoms with Gasteiger partial charge in [-0.15, -0.1) is 0 Å². The van der Waals surface area contributed by atoms with Crippen LogP contribution in [-0.2, 0) is 16.8 Å². The van der Waals surface area contributed by atoms with Crippen LogP contribution < -0.4 is 10.1 Å². The first-order valence-corrected chi connectivity index (χ1v) is 8.05. The maximum absolute atomic E-state index is 12.3. The third-order valence-electron chi connectivity index (χ3n) is 4.43. The van der Waals surface area contributed by atoms with Crippen LogP contribution in [0.2, 0.25) is 0 Å². The third-order valence-corrected chi connectivity index (χ3v) is 4.43. The summed E-state index contributed by atoms with van der Waals surface area (Å²) in [6.07, 6.45) is 4.62. The molecule has 0 spiro atoms. The number of amides is 1. The highest BCUT2D eigenvalue weighted by molar-refractivity contribution is 5.90. The molecule has 0 saturated heterocycles. The quantitative estimate of drug-likeness (QED) is 0.910. The number of ether oxygens (including phenoxy) is 2. The molecule has 0 saturated carbocycles. The molecular formula is C18H21N3O3. The van der Waals surface area contributed by atoms with E-state index in [-0.39, 0.29) is 11.7 Å². The fourth-order valence-corrected chi connectivity index (χ4v) is 3.02. The maximum Gasteiger partial charge on any atom is 0.289 e. The van der Waals surface area contributed by atoms with Crippen molar-refractivity contribution < 1.29 is 14.3 Å². The van der Waals surface area contributed by atoms with Crippen LogP contribution in [0.1, 0.15) is 35.1 Å². The van der Waals surface area contributed by atoms with Gasteiger partial charge in [0, 0.05) is 0 Å². The van der Waals surface area contributed by atoms with Gasteiger partial charge < -0.3 is 14.8 Å². The number of hydrogen-bond acceptors (Lipinski definition) is 5. The van der Waals surface area contributed by atoms with Crippen LogP contribution in [0.3, 0.4) is 0 Å². The number of hydrogen-bond donors (Lipinski definition) is 1. The molecular weight excluding hydrogens is 306 g/mol. The molecule has 1 atom stereocenters. The molecule has 1 N–H and O–H groups in total. The smallest absolute Gasteiger partial charge is 0.289 e. The highest BCUT2D eigenvalue weighted by Gasteiger charge is 2.36. The molecule has 24 heavy (non-hydrogen) atoms. The number of carbonyl (C=O) groups excluding carboxylic acids is 1. The molecule has 2 aromatic rings. The van der Waals surface area contributed by atoms with Crippen molar-refractivity contribution in [2.45, 2.75) is 25.4 Å². The van der Waals surface area contributed by atoms with Crippen LogP contribution in [0.4, 0.5) is 0 Å². The molecule has 3 rings (SSSR count). The number of nitrogens with one attached hydrogen (secondary N) is 1. The number of fused-ring (bicyclic) bond motifs is 1. The van der Waals surface area contributed by atoms with Gasteiger partial charge in [0.05, 0.1) is 32.7 Å². The summed E-state index contributed by atoms with van der Waals surface area (Å²) in [7, 11) is 1.53. The number of benzene rings is 1. The summed E-state index contributed by atoms with van der Waals surface area (Å²) in [5.74, 6) is 0.310. The Balaban J connectivity index is 1.75. The predicted molar refractivity (Wildman–Crippen MR) is 89.0 cm³/mol. The van der Waals surface area contributed by atoms with Crippen molar-refractivity contribution in [1.82, 2.24) is 15.3 Å². The first kappa shape index (κ1) is 16.4. The van der Waals surface area contributed by atoms with Crippen LogP contribution in [0.15, 0.2) is 36.7 Å². The molecule has 126 valence electrons. The Kier molecular flexibility index (Phi) is 4.76. The minimum Gasteiger partial charge on any atom is -0.494 e. The first-order valence-electron chi connectivity index (χ1n) is 8.05. The molecule has 0 aliphatic carbocycles. The summed E-state index contributed by atoms with van der Waals surface area (Å²) >= 11 is 0. The Morgan fingerprint density at radius 3 is 2.79 bits per heavy atom. The summed E-state index contributed by atoms with van der Waals surface area (Å²) in [5, 5.41) is 2.91. The van der Waals surface area contributed by atoms with E-state index in [1.165, 1.54) is 25.1 Å². The number of nitrogens with zero attached hydrogens (tertiary/aromatic N) is 2. The van der Waals surface area contributed by atoms with Crippen molar-refractivity contribution in [3.63, 3.8) is 0 Å². The maximum atomic E-state index is 12.3. The Morgan fingerprint density at radius 1 is 1.33 bits per heavy atom. The van der Waals surface area contributed by atoms with Gasteiger partial charge in [-0.3, -0.25) is 4.79 Å². The van der Waals surface area contributed by atoms with Crippen LogP contribution in [-0.4, -0.2) is 36.1 Å². The van der Waals surface area contributed by atoms with E-state index in [9.17, 15) is 4.79 Å². The fraction of sp³-hybridized carbons (Fsp3) is 0.389. The van der Waals surface area contributed by atoms with E-state index in [4.69, 9.17) is 9.47 Å². The van der Waals surface area contributed by atoms with Crippen molar-refractivity contribution in [1.29, 1.82) is 0 Å². The van der Waals surface area contributed by atoms with Gasteiger partial charge in [-0.2, -0.15) is 0 Å². The van der Waals surface area contributed by atoms with E-state index >= 15 is 0 Å². The molecule has 1 aliphatic rings. The number of rotatable bonds is 5. The molecule has 0 bridgehead atoms. The van der Waals surface area contributed by atoms with Crippen LogP contribution in [0.5, 0.6) is 5.75 Å². The largest absolute Gasteiger partial charge is 0.494 e. The van der Waals surface area contributed by atoms with Crippen LogP contribution >= 0.6 is 0 Å². The molecule has 1 unspecified atom stereocenters. The van der Waals surface area contributed by atoms with Gasteiger partial charge in [0.25, 0.3) is 5.91 Å². The minimum atomic E-state index is -0.503. The summed E-state index contributed by atoms with van der Waals surface area (Å²) in [5.41, 5.74) is 1.92. The monoisotopic (exact) mass is 327 g/mol.